The fourth-order valence-corrected chi connectivity index (χ4v) is 2.62. The second-order valence-corrected chi connectivity index (χ2v) is 5.90. The Hall–Kier alpha value is -3.06. The summed E-state index contributed by atoms with van der Waals surface area (Å²) in [6, 6.07) is 15.9. The molecule has 120 valence electrons. The van der Waals surface area contributed by atoms with Crippen molar-refractivity contribution in [3.63, 3.8) is 0 Å². The molecule has 0 saturated carbocycles. The molecule has 4 heteroatoms. The molecule has 0 aliphatic carbocycles. The van der Waals surface area contributed by atoms with Crippen LogP contribution in [0.1, 0.15) is 25.5 Å². The van der Waals surface area contributed by atoms with E-state index >= 15 is 0 Å². The van der Waals surface area contributed by atoms with Crippen LogP contribution in [0.5, 0.6) is 5.75 Å². The Kier molecular flexibility index (Phi) is 4.35. The minimum absolute atomic E-state index is 0.253. The molecule has 4 nitrogen and oxygen atoms in total. The van der Waals surface area contributed by atoms with Crippen molar-refractivity contribution in [3.8, 4) is 23.1 Å². The largest absolute Gasteiger partial charge is 0.489 e. The molecular formula is C20H19N3O. The Morgan fingerprint density at radius 3 is 2.71 bits per heavy atom. The molecule has 2 heterocycles. The molecule has 3 aromatic rings. The molecule has 0 radical (unpaired) electrons. The standard InChI is InChI=1S/C20H19N3O/c1-14(2)13-24-17-9-7-16(8-10-17)19-20(15(3)12-21)23-11-5-4-6-18(23)22-19/h4-11,15H,1,13H2,2-3H3. The minimum Gasteiger partial charge on any atom is -0.489 e. The predicted molar refractivity (Wildman–Crippen MR) is 95.0 cm³/mol. The highest BCUT2D eigenvalue weighted by Crippen LogP contribution is 2.30. The highest BCUT2D eigenvalue weighted by Gasteiger charge is 2.19. The summed E-state index contributed by atoms with van der Waals surface area (Å²) in [4.78, 5) is 4.71. The van der Waals surface area contributed by atoms with Crippen LogP contribution in [0.3, 0.4) is 0 Å². The van der Waals surface area contributed by atoms with E-state index in [1.54, 1.807) is 0 Å². The maximum Gasteiger partial charge on any atom is 0.137 e. The molecule has 0 N–H and O–H groups in total. The van der Waals surface area contributed by atoms with Gasteiger partial charge in [-0.1, -0.05) is 12.6 Å². The Balaban J connectivity index is 2.03. The summed E-state index contributed by atoms with van der Waals surface area (Å²) in [5.41, 5.74) is 4.53. The van der Waals surface area contributed by atoms with Gasteiger partial charge in [-0.25, -0.2) is 4.98 Å². The lowest BCUT2D eigenvalue weighted by Crippen LogP contribution is -1.99. The van der Waals surface area contributed by atoms with Crippen LogP contribution in [0, 0.1) is 11.3 Å². The number of ether oxygens (including phenoxy) is 1. The van der Waals surface area contributed by atoms with Crippen LogP contribution in [-0.4, -0.2) is 16.0 Å². The number of imidazole rings is 1. The van der Waals surface area contributed by atoms with E-state index in [1.807, 2.05) is 66.9 Å². The summed E-state index contributed by atoms with van der Waals surface area (Å²) >= 11 is 0. The Morgan fingerprint density at radius 1 is 1.29 bits per heavy atom. The fraction of sp³-hybridized carbons (Fsp3) is 0.200. The number of rotatable bonds is 5. The van der Waals surface area contributed by atoms with Gasteiger partial charge in [0, 0.05) is 11.8 Å². The van der Waals surface area contributed by atoms with E-state index in [0.717, 1.165) is 33.9 Å². The van der Waals surface area contributed by atoms with Crippen molar-refractivity contribution >= 4 is 5.65 Å². The normalized spacial score (nSPS) is 11.9. The van der Waals surface area contributed by atoms with Crippen LogP contribution in [-0.2, 0) is 0 Å². The molecule has 3 rings (SSSR count). The van der Waals surface area contributed by atoms with Crippen molar-refractivity contribution in [1.29, 1.82) is 5.26 Å². The first kappa shape index (κ1) is 15.8. The van der Waals surface area contributed by atoms with E-state index in [0.29, 0.717) is 6.61 Å². The fourth-order valence-electron chi connectivity index (χ4n) is 2.62. The van der Waals surface area contributed by atoms with Crippen LogP contribution in [0.4, 0.5) is 0 Å². The Labute approximate surface area is 141 Å². The highest BCUT2D eigenvalue weighted by molar-refractivity contribution is 5.68. The zero-order chi connectivity index (χ0) is 17.1. The van der Waals surface area contributed by atoms with Gasteiger partial charge >= 0.3 is 0 Å². The van der Waals surface area contributed by atoms with E-state index in [4.69, 9.17) is 9.72 Å². The topological polar surface area (TPSA) is 50.3 Å². The van der Waals surface area contributed by atoms with Gasteiger partial charge in [-0.3, -0.25) is 0 Å². The average Bonchev–Trinajstić information content (AvgIpc) is 2.99. The number of aromatic nitrogens is 2. The van der Waals surface area contributed by atoms with Gasteiger partial charge < -0.3 is 9.14 Å². The van der Waals surface area contributed by atoms with Gasteiger partial charge in [0.15, 0.2) is 0 Å². The second-order valence-electron chi connectivity index (χ2n) is 5.90. The third-order valence-electron chi connectivity index (χ3n) is 3.78. The third-order valence-corrected chi connectivity index (χ3v) is 3.78. The van der Waals surface area contributed by atoms with Crippen LogP contribution in [0.15, 0.2) is 60.8 Å². The zero-order valence-electron chi connectivity index (χ0n) is 13.9. The van der Waals surface area contributed by atoms with Crippen molar-refractivity contribution in [3.05, 3.63) is 66.5 Å². The zero-order valence-corrected chi connectivity index (χ0v) is 13.9. The first-order valence-corrected chi connectivity index (χ1v) is 7.84. The molecule has 0 aliphatic rings. The summed E-state index contributed by atoms with van der Waals surface area (Å²) in [6.07, 6.45) is 1.94. The molecule has 0 aliphatic heterocycles. The molecule has 24 heavy (non-hydrogen) atoms. The molecule has 0 bridgehead atoms. The van der Waals surface area contributed by atoms with E-state index < -0.39 is 0 Å². The molecule has 1 aromatic carbocycles. The van der Waals surface area contributed by atoms with Crippen molar-refractivity contribution in [2.24, 2.45) is 0 Å². The maximum atomic E-state index is 9.38. The van der Waals surface area contributed by atoms with Gasteiger partial charge in [0.25, 0.3) is 0 Å². The molecule has 0 amide bonds. The highest BCUT2D eigenvalue weighted by atomic mass is 16.5. The molecule has 2 aromatic heterocycles. The van der Waals surface area contributed by atoms with Crippen LogP contribution >= 0.6 is 0 Å². The SMILES string of the molecule is C=C(C)COc1ccc(-c2nc3ccccn3c2C(C)C#N)cc1. The number of fused-ring (bicyclic) bond motifs is 1. The van der Waals surface area contributed by atoms with Crippen LogP contribution < -0.4 is 4.74 Å². The lowest BCUT2D eigenvalue weighted by molar-refractivity contribution is 0.353. The number of benzene rings is 1. The molecular weight excluding hydrogens is 298 g/mol. The lowest BCUT2D eigenvalue weighted by atomic mass is 10.0. The van der Waals surface area contributed by atoms with Crippen molar-refractivity contribution in [1.82, 2.24) is 9.38 Å². The van der Waals surface area contributed by atoms with E-state index in [9.17, 15) is 5.26 Å². The van der Waals surface area contributed by atoms with Gasteiger partial charge in [0.1, 0.15) is 18.0 Å². The number of nitriles is 1. The smallest absolute Gasteiger partial charge is 0.137 e. The number of nitrogens with zero attached hydrogens (tertiary/aromatic N) is 3. The Bertz CT molecular complexity index is 916. The van der Waals surface area contributed by atoms with E-state index in [2.05, 4.69) is 12.6 Å². The third kappa shape index (κ3) is 3.02. The summed E-state index contributed by atoms with van der Waals surface area (Å²) < 4.78 is 7.62. The summed E-state index contributed by atoms with van der Waals surface area (Å²) in [5.74, 6) is 0.539. The summed E-state index contributed by atoms with van der Waals surface area (Å²) in [5, 5.41) is 9.38. The van der Waals surface area contributed by atoms with Crippen molar-refractivity contribution < 1.29 is 4.74 Å². The van der Waals surface area contributed by atoms with Gasteiger partial charge in [-0.05, 0) is 55.8 Å². The van der Waals surface area contributed by atoms with Crippen molar-refractivity contribution in [2.45, 2.75) is 19.8 Å². The molecule has 0 saturated heterocycles. The second kappa shape index (κ2) is 6.59. The summed E-state index contributed by atoms with van der Waals surface area (Å²) in [6.45, 7) is 8.16. The van der Waals surface area contributed by atoms with Crippen LogP contribution in [0.25, 0.3) is 16.9 Å². The monoisotopic (exact) mass is 317 g/mol. The van der Waals surface area contributed by atoms with Gasteiger partial charge in [-0.2, -0.15) is 5.26 Å². The maximum absolute atomic E-state index is 9.38. The van der Waals surface area contributed by atoms with Gasteiger partial charge in [-0.15, -0.1) is 0 Å². The van der Waals surface area contributed by atoms with E-state index in [1.165, 1.54) is 0 Å². The predicted octanol–water partition coefficient (Wildman–Crippen LogP) is 4.58. The van der Waals surface area contributed by atoms with Crippen LogP contribution in [0.2, 0.25) is 0 Å². The first-order chi connectivity index (χ1) is 11.6. The minimum atomic E-state index is -0.253. The lowest BCUT2D eigenvalue weighted by Gasteiger charge is -2.08. The first-order valence-electron chi connectivity index (χ1n) is 7.84. The van der Waals surface area contributed by atoms with E-state index in [-0.39, 0.29) is 5.92 Å². The summed E-state index contributed by atoms with van der Waals surface area (Å²) in [7, 11) is 0. The Morgan fingerprint density at radius 2 is 2.04 bits per heavy atom. The molecule has 1 atom stereocenters. The number of hydrogen-bond donors (Lipinski definition) is 0. The van der Waals surface area contributed by atoms with Gasteiger partial charge in [0.05, 0.1) is 23.4 Å². The van der Waals surface area contributed by atoms with Crippen molar-refractivity contribution in [2.75, 3.05) is 6.61 Å². The van der Waals surface area contributed by atoms with Gasteiger partial charge in [0.2, 0.25) is 0 Å². The number of hydrogen-bond acceptors (Lipinski definition) is 3. The molecule has 0 spiro atoms. The average molecular weight is 317 g/mol. The molecule has 1 unspecified atom stereocenters. The number of pyridine rings is 1. The quantitative estimate of drug-likeness (QED) is 0.647. The molecule has 0 fully saturated rings.